The highest BCUT2D eigenvalue weighted by molar-refractivity contribution is 6.14. The molecule has 0 saturated carbocycles. The fourth-order valence-electron chi connectivity index (χ4n) is 4.27. The van der Waals surface area contributed by atoms with Crippen molar-refractivity contribution in [2.24, 2.45) is 0 Å². The third-order valence-corrected chi connectivity index (χ3v) is 6.37. The molecule has 4 aromatic rings. The summed E-state index contributed by atoms with van der Waals surface area (Å²) < 4.78 is 0. The molecule has 1 heterocycles. The number of carbonyl (C=O) groups excluding carboxylic acids is 1. The summed E-state index contributed by atoms with van der Waals surface area (Å²) in [6.45, 7) is 9.07. The highest BCUT2D eigenvalue weighted by Crippen LogP contribution is 2.30. The maximum Gasteiger partial charge on any atom is 0.261 e. The Balaban J connectivity index is 1.81. The van der Waals surface area contributed by atoms with Gasteiger partial charge in [-0.15, -0.1) is 0 Å². The summed E-state index contributed by atoms with van der Waals surface area (Å²) in [6.07, 6.45) is 1.66. The standard InChI is InChI=1S/C29H34N4O/c1-19(2)22-9-13-24(14-10-22)33(17-21-7-11-23(12-8-21)32(5)6)29(34)27-25(20(3)4)15-16-26-28(27)31-18-30-26/h7-16,18-20H,17H2,1-6H3,(H,30,31). The molecule has 0 aliphatic heterocycles. The number of hydrogen-bond acceptors (Lipinski definition) is 3. The Kier molecular flexibility index (Phi) is 6.73. The number of rotatable bonds is 7. The summed E-state index contributed by atoms with van der Waals surface area (Å²) >= 11 is 0. The number of carbonyl (C=O) groups is 1. The molecule has 0 aliphatic carbocycles. The second kappa shape index (κ2) is 9.72. The lowest BCUT2D eigenvalue weighted by Crippen LogP contribution is -2.31. The lowest BCUT2D eigenvalue weighted by atomic mass is 9.94. The lowest BCUT2D eigenvalue weighted by molar-refractivity contribution is 0.0985. The number of hydrogen-bond donors (Lipinski definition) is 1. The summed E-state index contributed by atoms with van der Waals surface area (Å²) in [7, 11) is 4.05. The number of aromatic amines is 1. The van der Waals surface area contributed by atoms with E-state index >= 15 is 0 Å². The first-order chi connectivity index (χ1) is 16.3. The van der Waals surface area contributed by atoms with E-state index in [1.807, 2.05) is 31.1 Å². The van der Waals surface area contributed by atoms with Gasteiger partial charge >= 0.3 is 0 Å². The predicted octanol–water partition coefficient (Wildman–Crippen LogP) is 6.72. The van der Waals surface area contributed by atoms with Gasteiger partial charge in [0.05, 0.1) is 24.0 Å². The Labute approximate surface area is 202 Å². The van der Waals surface area contributed by atoms with E-state index in [1.165, 1.54) is 5.56 Å². The molecule has 1 aromatic heterocycles. The second-order valence-corrected chi connectivity index (χ2v) is 9.68. The van der Waals surface area contributed by atoms with Crippen LogP contribution < -0.4 is 9.80 Å². The van der Waals surface area contributed by atoms with Crippen molar-refractivity contribution in [1.82, 2.24) is 9.97 Å². The number of nitrogens with one attached hydrogen (secondary N) is 1. The van der Waals surface area contributed by atoms with Gasteiger partial charge in [0.1, 0.15) is 5.52 Å². The van der Waals surface area contributed by atoms with Gasteiger partial charge in [-0.3, -0.25) is 4.79 Å². The zero-order valence-electron chi connectivity index (χ0n) is 21.0. The van der Waals surface area contributed by atoms with Crippen molar-refractivity contribution < 1.29 is 4.79 Å². The van der Waals surface area contributed by atoms with Crippen molar-refractivity contribution in [1.29, 1.82) is 0 Å². The van der Waals surface area contributed by atoms with E-state index in [0.29, 0.717) is 18.0 Å². The summed E-state index contributed by atoms with van der Waals surface area (Å²) in [5.74, 6) is 0.599. The van der Waals surface area contributed by atoms with E-state index < -0.39 is 0 Å². The molecule has 0 bridgehead atoms. The quantitative estimate of drug-likeness (QED) is 0.337. The molecule has 1 N–H and O–H groups in total. The van der Waals surface area contributed by atoms with Crippen molar-refractivity contribution in [3.05, 3.63) is 89.2 Å². The Hall–Kier alpha value is -3.60. The molecular formula is C29H34N4O. The van der Waals surface area contributed by atoms with Crippen LogP contribution in [0.15, 0.2) is 67.0 Å². The number of aromatic nitrogens is 2. The van der Waals surface area contributed by atoms with Crippen molar-refractivity contribution >= 4 is 28.3 Å². The van der Waals surface area contributed by atoms with Crippen molar-refractivity contribution in [2.45, 2.75) is 46.1 Å². The molecule has 1 amide bonds. The zero-order valence-corrected chi connectivity index (χ0v) is 21.0. The summed E-state index contributed by atoms with van der Waals surface area (Å²) in [5.41, 5.74) is 7.62. The van der Waals surface area contributed by atoms with Gasteiger partial charge in [-0.2, -0.15) is 0 Å². The smallest absolute Gasteiger partial charge is 0.261 e. The van der Waals surface area contributed by atoms with Crippen molar-refractivity contribution in [2.75, 3.05) is 23.9 Å². The van der Waals surface area contributed by atoms with Crippen LogP contribution in [0.2, 0.25) is 0 Å². The molecule has 176 valence electrons. The number of anilines is 2. The molecule has 0 atom stereocenters. The van der Waals surface area contributed by atoms with Crippen LogP contribution in [0.4, 0.5) is 11.4 Å². The minimum Gasteiger partial charge on any atom is -0.378 e. The van der Waals surface area contributed by atoms with Gasteiger partial charge < -0.3 is 14.8 Å². The van der Waals surface area contributed by atoms with Crippen LogP contribution in [-0.4, -0.2) is 30.0 Å². The molecule has 0 aliphatic rings. The largest absolute Gasteiger partial charge is 0.378 e. The normalized spacial score (nSPS) is 11.4. The van der Waals surface area contributed by atoms with Crippen LogP contribution in [0.25, 0.3) is 11.0 Å². The maximum absolute atomic E-state index is 14.2. The number of fused-ring (bicyclic) bond motifs is 1. The molecule has 0 radical (unpaired) electrons. The van der Waals surface area contributed by atoms with Crippen LogP contribution in [0, 0.1) is 0 Å². The highest BCUT2D eigenvalue weighted by Gasteiger charge is 2.25. The minimum absolute atomic E-state index is 0.0321. The van der Waals surface area contributed by atoms with E-state index in [9.17, 15) is 4.79 Å². The van der Waals surface area contributed by atoms with Crippen molar-refractivity contribution in [3.63, 3.8) is 0 Å². The van der Waals surface area contributed by atoms with Crippen molar-refractivity contribution in [3.8, 4) is 0 Å². The first-order valence-corrected chi connectivity index (χ1v) is 11.9. The Morgan fingerprint density at radius 1 is 0.853 bits per heavy atom. The van der Waals surface area contributed by atoms with Gasteiger partial charge in [0, 0.05) is 25.5 Å². The average Bonchev–Trinajstić information content (AvgIpc) is 3.30. The molecular weight excluding hydrogens is 420 g/mol. The van der Waals surface area contributed by atoms with Gasteiger partial charge in [0.15, 0.2) is 0 Å². The van der Waals surface area contributed by atoms with Crippen LogP contribution in [-0.2, 0) is 6.54 Å². The molecule has 4 rings (SSSR count). The highest BCUT2D eigenvalue weighted by atomic mass is 16.2. The van der Waals surface area contributed by atoms with E-state index in [2.05, 4.69) is 91.1 Å². The van der Waals surface area contributed by atoms with Crippen LogP contribution in [0.3, 0.4) is 0 Å². The molecule has 5 nitrogen and oxygen atoms in total. The van der Waals surface area contributed by atoms with Gasteiger partial charge in [-0.05, 0) is 58.9 Å². The molecule has 5 heteroatoms. The number of amides is 1. The Morgan fingerprint density at radius 2 is 1.50 bits per heavy atom. The number of imidazole rings is 1. The summed E-state index contributed by atoms with van der Waals surface area (Å²) in [4.78, 5) is 25.9. The first kappa shape index (κ1) is 23.6. The summed E-state index contributed by atoms with van der Waals surface area (Å²) in [6, 6.07) is 20.8. The molecule has 3 aromatic carbocycles. The van der Waals surface area contributed by atoms with Gasteiger partial charge in [-0.1, -0.05) is 58.0 Å². The summed E-state index contributed by atoms with van der Waals surface area (Å²) in [5, 5.41) is 0. The number of nitrogens with zero attached hydrogens (tertiary/aromatic N) is 3. The molecule has 0 fully saturated rings. The molecule has 0 unspecified atom stereocenters. The second-order valence-electron chi connectivity index (χ2n) is 9.68. The Bertz CT molecular complexity index is 1270. The minimum atomic E-state index is -0.0321. The van der Waals surface area contributed by atoms with Gasteiger partial charge in [0.2, 0.25) is 0 Å². The fourth-order valence-corrected chi connectivity index (χ4v) is 4.27. The van der Waals surface area contributed by atoms with Crippen LogP contribution in [0.1, 0.15) is 66.6 Å². The fraction of sp³-hybridized carbons (Fsp3) is 0.310. The van der Waals surface area contributed by atoms with E-state index in [1.54, 1.807) is 6.33 Å². The third kappa shape index (κ3) is 4.69. The molecule has 34 heavy (non-hydrogen) atoms. The first-order valence-electron chi connectivity index (χ1n) is 11.9. The monoisotopic (exact) mass is 454 g/mol. The van der Waals surface area contributed by atoms with Crippen LogP contribution in [0.5, 0.6) is 0 Å². The Morgan fingerprint density at radius 3 is 2.09 bits per heavy atom. The van der Waals surface area contributed by atoms with Gasteiger partial charge in [0.25, 0.3) is 5.91 Å². The van der Waals surface area contributed by atoms with Gasteiger partial charge in [-0.25, -0.2) is 4.98 Å². The topological polar surface area (TPSA) is 52.2 Å². The van der Waals surface area contributed by atoms with Crippen LogP contribution >= 0.6 is 0 Å². The van der Waals surface area contributed by atoms with E-state index in [4.69, 9.17) is 0 Å². The average molecular weight is 455 g/mol. The van der Waals surface area contributed by atoms with E-state index in [-0.39, 0.29) is 11.8 Å². The SMILES string of the molecule is CC(C)c1ccc(N(Cc2ccc(N(C)C)cc2)C(=O)c2c(C(C)C)ccc3[nH]cnc23)cc1. The van der Waals surface area contributed by atoms with E-state index in [0.717, 1.165) is 33.5 Å². The number of H-pyrrole nitrogens is 1. The predicted molar refractivity (Wildman–Crippen MR) is 142 cm³/mol. The molecule has 0 saturated heterocycles. The molecule has 0 spiro atoms. The number of benzene rings is 3. The zero-order chi connectivity index (χ0) is 24.4. The lowest BCUT2D eigenvalue weighted by Gasteiger charge is -2.26. The maximum atomic E-state index is 14.2. The third-order valence-electron chi connectivity index (χ3n) is 6.37.